The van der Waals surface area contributed by atoms with Crippen molar-refractivity contribution >= 4 is 93.6 Å². The summed E-state index contributed by atoms with van der Waals surface area (Å²) in [5.41, 5.74) is 21.1. The minimum absolute atomic E-state index is 0.00112. The Balaban J connectivity index is 0.919. The molecule has 5 aromatic carbocycles. The number of likely N-dealkylation sites (tertiary alicyclic amines) is 3. The second-order valence-corrected chi connectivity index (χ2v) is 27.7. The molecule has 12 atom stereocenters. The first-order valence-electron chi connectivity index (χ1n) is 36.2. The number of nitrogens with zero attached hydrogens (tertiary/aromatic N) is 3. The van der Waals surface area contributed by atoms with E-state index in [4.69, 9.17) is 22.6 Å². The Morgan fingerprint density at radius 1 is 0.481 bits per heavy atom. The van der Waals surface area contributed by atoms with Crippen LogP contribution in [0.3, 0.4) is 0 Å². The number of guanidine groups is 1. The number of carboxylic acids is 1. The zero-order valence-corrected chi connectivity index (χ0v) is 60.6. The van der Waals surface area contributed by atoms with Crippen molar-refractivity contribution in [3.63, 3.8) is 0 Å². The molecule has 5 aromatic rings. The van der Waals surface area contributed by atoms with Crippen LogP contribution in [-0.4, -0.2) is 225 Å². The van der Waals surface area contributed by atoms with Crippen molar-refractivity contribution in [3.8, 4) is 11.1 Å². The molecule has 0 unspecified atom stereocenters. The van der Waals surface area contributed by atoms with Gasteiger partial charge in [-0.2, -0.15) is 0 Å². The Labute approximate surface area is 624 Å². The third kappa shape index (κ3) is 22.4. The van der Waals surface area contributed by atoms with Crippen molar-refractivity contribution in [3.05, 3.63) is 144 Å². The van der Waals surface area contributed by atoms with Crippen LogP contribution in [0, 0.1) is 11.3 Å². The molecule has 32 heteroatoms. The molecule has 12 amide bonds. The summed E-state index contributed by atoms with van der Waals surface area (Å²) in [6, 6.07) is 21.5. The molecule has 3 aliphatic heterocycles. The second kappa shape index (κ2) is 39.3. The SMILES string of the molecule is CC(C)[C@H](NC(=O)[C@H](CO)NC(=O)[C@H](CC(=O)O)NC(=O)[C@@H]1CCCN1C(=O)[C@H](Cc1ccc(-c2ccccc2)cc1)NC(=O)[C@H](C)NC(=O)[C@H](CO)NC(=O)[C@@H](N)Cc1cccc2ccccc12)C(=O)N1CCC[C@H]1C(=O)N[C@@H](Cc1ccccc1)C(=O)N[C@@H](CCCNC(=N)N)C(=O)N1CCC[C@H]1C(N)=O. The van der Waals surface area contributed by atoms with E-state index < -0.39 is 175 Å². The zero-order valence-electron chi connectivity index (χ0n) is 60.6. The maximum Gasteiger partial charge on any atom is 0.305 e. The van der Waals surface area contributed by atoms with Crippen molar-refractivity contribution in [1.29, 1.82) is 5.41 Å². The molecule has 0 aliphatic carbocycles. The van der Waals surface area contributed by atoms with E-state index in [1.807, 2.05) is 84.9 Å². The fraction of sp³-hybridized carbons (Fsp3) is 0.447. The summed E-state index contributed by atoms with van der Waals surface area (Å²) in [5, 5.41) is 63.4. The molecule has 3 saturated heterocycles. The number of primary amides is 1. The number of aliphatic hydroxyl groups is 2. The maximum atomic E-state index is 15.0. The molecule has 578 valence electrons. The van der Waals surface area contributed by atoms with Gasteiger partial charge in [0.2, 0.25) is 70.9 Å². The summed E-state index contributed by atoms with van der Waals surface area (Å²) >= 11 is 0. The van der Waals surface area contributed by atoms with Crippen LogP contribution in [0.15, 0.2) is 127 Å². The summed E-state index contributed by atoms with van der Waals surface area (Å²) < 4.78 is 0. The van der Waals surface area contributed by atoms with Crippen molar-refractivity contribution in [1.82, 2.24) is 62.6 Å². The van der Waals surface area contributed by atoms with Gasteiger partial charge in [-0.05, 0) is 109 Å². The number of nitrogens with one attached hydrogen (secondary N) is 10. The lowest BCUT2D eigenvalue weighted by atomic mass is 9.98. The molecule has 0 saturated carbocycles. The molecule has 108 heavy (non-hydrogen) atoms. The number of hydrogen-bond donors (Lipinski definition) is 16. The molecular weight excluding hydrogens is 1390 g/mol. The number of fused-ring (bicyclic) bond motifs is 1. The van der Waals surface area contributed by atoms with Gasteiger partial charge in [-0.25, -0.2) is 0 Å². The largest absolute Gasteiger partial charge is 0.481 e. The normalized spacial score (nSPS) is 18.0. The molecular formula is C76H98N16O16. The molecule has 3 heterocycles. The lowest BCUT2D eigenvalue weighted by molar-refractivity contribution is -0.145. The van der Waals surface area contributed by atoms with Crippen LogP contribution in [0.1, 0.15) is 95.2 Å². The highest BCUT2D eigenvalue weighted by Crippen LogP contribution is 2.26. The Morgan fingerprint density at radius 3 is 1.55 bits per heavy atom. The first-order valence-corrected chi connectivity index (χ1v) is 36.2. The Morgan fingerprint density at radius 2 is 0.954 bits per heavy atom. The molecule has 0 radical (unpaired) electrons. The van der Waals surface area contributed by atoms with E-state index in [-0.39, 0.29) is 83.5 Å². The average molecular weight is 1490 g/mol. The predicted molar refractivity (Wildman–Crippen MR) is 396 cm³/mol. The fourth-order valence-corrected chi connectivity index (χ4v) is 13.6. The van der Waals surface area contributed by atoms with Crippen molar-refractivity contribution in [2.75, 3.05) is 39.4 Å². The summed E-state index contributed by atoms with van der Waals surface area (Å²) in [6.07, 6.45) is 0.553. The number of aliphatic hydroxyl groups excluding tert-OH is 2. The number of carbonyl (C=O) groups excluding carboxylic acids is 12. The molecule has 19 N–H and O–H groups in total. The van der Waals surface area contributed by atoms with E-state index in [1.165, 1.54) is 16.7 Å². The molecule has 8 rings (SSSR count). The van der Waals surface area contributed by atoms with Crippen LogP contribution in [0.4, 0.5) is 0 Å². The molecule has 3 aliphatic rings. The standard InChI is InChI=1S/C76H98N16O16/c1-43(2)63(75(108)92-36-16-28-61(92)72(105)84-54(37-45-17-6-4-7-18-45)67(100)83-53(25-13-33-81-76(79)80)73(106)90-34-14-26-59(90)64(78)97)89-70(103)58(42-94)88-68(101)55(40-62(95)96)85-71(104)60-27-15-35-91(60)74(107)56(38-46-29-31-48(32-30-46)47-19-8-5-9-20-47)86-65(98)44(3)82-69(102)57(41-93)87-66(99)52(77)39-50-23-12-22-49-21-10-11-24-51(49)50/h4-12,17-24,29-32,43-44,52-61,63,93-94H,13-16,25-28,33-42,77H2,1-3H3,(H2,78,97)(H,82,102)(H,83,100)(H,84,105)(H,85,104)(H,86,98)(H,87,99)(H,88,101)(H,89,103)(H,95,96)(H4,79,80,81)/t44-,52-,53-,54-,55-,56-,57-,58-,59-,60-,61-,63-/m0/s1. The summed E-state index contributed by atoms with van der Waals surface area (Å²) in [6.45, 7) is 2.84. The molecule has 0 bridgehead atoms. The number of carboxylic acid groups (broad SMARTS) is 1. The number of aliphatic carboxylic acids is 1. The number of hydrogen-bond acceptors (Lipinski definition) is 17. The number of amides is 12. The number of benzene rings is 5. The van der Waals surface area contributed by atoms with Crippen molar-refractivity contribution < 1.29 is 77.6 Å². The third-order valence-corrected chi connectivity index (χ3v) is 19.5. The highest BCUT2D eigenvalue weighted by molar-refractivity contribution is 6.01. The predicted octanol–water partition coefficient (Wildman–Crippen LogP) is -1.40. The molecule has 0 aromatic heterocycles. The molecule has 3 fully saturated rings. The van der Waals surface area contributed by atoms with Gasteiger partial charge in [-0.15, -0.1) is 0 Å². The molecule has 0 spiro atoms. The van der Waals surface area contributed by atoms with Gasteiger partial charge in [-0.1, -0.05) is 141 Å². The van der Waals surface area contributed by atoms with Gasteiger partial charge in [-0.3, -0.25) is 67.7 Å². The summed E-state index contributed by atoms with van der Waals surface area (Å²) in [7, 11) is 0. The quantitative estimate of drug-likeness (QED) is 0.0125. The average Bonchev–Trinajstić information content (AvgIpc) is 1.48. The van der Waals surface area contributed by atoms with Crippen molar-refractivity contribution in [2.45, 2.75) is 170 Å². The van der Waals surface area contributed by atoms with Crippen LogP contribution in [-0.2, 0) is 81.6 Å². The number of carbonyl (C=O) groups is 13. The number of rotatable bonds is 36. The van der Waals surface area contributed by atoms with Gasteiger partial charge in [0.05, 0.1) is 25.7 Å². The highest BCUT2D eigenvalue weighted by atomic mass is 16.4. The first kappa shape index (κ1) is 82.3. The smallest absolute Gasteiger partial charge is 0.305 e. The van der Waals surface area contributed by atoms with E-state index >= 15 is 0 Å². The molecule has 32 nitrogen and oxygen atoms in total. The highest BCUT2D eigenvalue weighted by Gasteiger charge is 2.44. The fourth-order valence-electron chi connectivity index (χ4n) is 13.6. The zero-order chi connectivity index (χ0) is 78.3. The lowest BCUT2D eigenvalue weighted by Crippen LogP contribution is -2.62. The first-order chi connectivity index (χ1) is 51.7. The minimum Gasteiger partial charge on any atom is -0.481 e. The van der Waals surface area contributed by atoms with Gasteiger partial charge in [0.1, 0.15) is 66.5 Å². The van der Waals surface area contributed by atoms with Crippen LogP contribution in [0.2, 0.25) is 0 Å². The summed E-state index contributed by atoms with van der Waals surface area (Å²) in [4.78, 5) is 185. The van der Waals surface area contributed by atoms with E-state index in [2.05, 4.69) is 47.9 Å². The Kier molecular flexibility index (Phi) is 29.9. The van der Waals surface area contributed by atoms with Crippen LogP contribution in [0.25, 0.3) is 21.9 Å². The number of nitrogens with two attached hydrogens (primary N) is 3. The van der Waals surface area contributed by atoms with Crippen LogP contribution >= 0.6 is 0 Å². The van der Waals surface area contributed by atoms with Gasteiger partial charge < -0.3 is 95.1 Å². The van der Waals surface area contributed by atoms with E-state index in [0.29, 0.717) is 30.4 Å². The van der Waals surface area contributed by atoms with Crippen LogP contribution < -0.4 is 65.1 Å². The van der Waals surface area contributed by atoms with E-state index in [0.717, 1.165) is 32.4 Å². The Bertz CT molecular complexity index is 4050. The van der Waals surface area contributed by atoms with Gasteiger partial charge in [0, 0.05) is 39.0 Å². The third-order valence-electron chi connectivity index (χ3n) is 19.5. The Hall–Kier alpha value is -11.4. The topological polar surface area (TPSA) is 502 Å². The summed E-state index contributed by atoms with van der Waals surface area (Å²) in [5.74, 6) is -12.9. The lowest BCUT2D eigenvalue weighted by Gasteiger charge is -2.32. The second-order valence-electron chi connectivity index (χ2n) is 27.7. The van der Waals surface area contributed by atoms with Crippen molar-refractivity contribution in [2.24, 2.45) is 23.1 Å². The maximum absolute atomic E-state index is 15.0. The van der Waals surface area contributed by atoms with E-state index in [9.17, 15) is 77.6 Å². The van der Waals surface area contributed by atoms with Gasteiger partial charge in [0.25, 0.3) is 0 Å². The monoisotopic (exact) mass is 1490 g/mol. The minimum atomic E-state index is -1.94. The van der Waals surface area contributed by atoms with Gasteiger partial charge >= 0.3 is 5.97 Å². The van der Waals surface area contributed by atoms with Gasteiger partial charge in [0.15, 0.2) is 5.96 Å². The van der Waals surface area contributed by atoms with Crippen LogP contribution in [0.5, 0.6) is 0 Å². The van der Waals surface area contributed by atoms with E-state index in [1.54, 1.807) is 56.3 Å².